The summed E-state index contributed by atoms with van der Waals surface area (Å²) in [6, 6.07) is 15.8. The molecule has 0 unspecified atom stereocenters. The van der Waals surface area contributed by atoms with Crippen molar-refractivity contribution < 1.29 is 60.3 Å². The summed E-state index contributed by atoms with van der Waals surface area (Å²) in [5, 5.41) is 2.54. The van der Waals surface area contributed by atoms with E-state index >= 15 is 0 Å². The molecule has 0 saturated carbocycles. The summed E-state index contributed by atoms with van der Waals surface area (Å²) in [7, 11) is -9.29. The van der Waals surface area contributed by atoms with Gasteiger partial charge in [-0.05, 0) is 47.5 Å². The molecule has 3 aromatic carbocycles. The largest absolute Gasteiger partial charge is 1.00 e. The monoisotopic (exact) mass is 497 g/mol. The Morgan fingerprint density at radius 3 is 1.85 bits per heavy atom. The minimum atomic E-state index is -4.70. The van der Waals surface area contributed by atoms with Crippen LogP contribution in [0, 0.1) is 0 Å². The van der Waals surface area contributed by atoms with Crippen molar-refractivity contribution in [3.05, 3.63) is 83.4 Å². The first-order chi connectivity index (χ1) is 14.9. The standard InChI is InChI=1S/C21H18N2O7S2.Na/c22-17-10-8-14(19(12-17)31(25,26)27)6-7-15-9-11-18(13-20(15)32(28,29)30)23-21(24)16-4-2-1-3-5-16;/h1-13H,22H2,(H,23,24)(H,25,26,27)(H,28,29,30);/q;+1/b7-6+;. The average Bonchev–Trinajstić information content (AvgIpc) is 2.72. The van der Waals surface area contributed by atoms with Crippen LogP contribution >= 0.6 is 0 Å². The summed E-state index contributed by atoms with van der Waals surface area (Å²) < 4.78 is 66.0. The maximum absolute atomic E-state index is 12.3. The van der Waals surface area contributed by atoms with Gasteiger partial charge in [-0.15, -0.1) is 0 Å². The van der Waals surface area contributed by atoms with Crippen molar-refractivity contribution >= 4 is 49.7 Å². The number of anilines is 2. The third-order valence-electron chi connectivity index (χ3n) is 4.34. The molecule has 0 atom stereocenters. The molecule has 0 radical (unpaired) electrons. The van der Waals surface area contributed by atoms with Gasteiger partial charge < -0.3 is 11.1 Å². The van der Waals surface area contributed by atoms with Crippen molar-refractivity contribution in [2.24, 2.45) is 0 Å². The van der Waals surface area contributed by atoms with E-state index in [2.05, 4.69) is 5.32 Å². The van der Waals surface area contributed by atoms with Crippen LogP contribution in [-0.4, -0.2) is 31.8 Å². The van der Waals surface area contributed by atoms with Crippen LogP contribution in [0.15, 0.2) is 76.5 Å². The normalized spacial score (nSPS) is 11.7. The summed E-state index contributed by atoms with van der Waals surface area (Å²) >= 11 is 0. The van der Waals surface area contributed by atoms with E-state index in [0.29, 0.717) is 5.56 Å². The fourth-order valence-electron chi connectivity index (χ4n) is 2.86. The van der Waals surface area contributed by atoms with Crippen molar-refractivity contribution in [3.63, 3.8) is 0 Å². The first-order valence-corrected chi connectivity index (χ1v) is 11.9. The van der Waals surface area contributed by atoms with Gasteiger partial charge in [0.1, 0.15) is 9.79 Å². The number of carbonyl (C=O) groups excluding carboxylic acids is 1. The third kappa shape index (κ3) is 6.98. The molecule has 166 valence electrons. The van der Waals surface area contributed by atoms with Gasteiger partial charge in [0, 0.05) is 16.9 Å². The molecule has 0 bridgehead atoms. The van der Waals surface area contributed by atoms with Crippen molar-refractivity contribution in [2.45, 2.75) is 9.79 Å². The van der Waals surface area contributed by atoms with E-state index in [9.17, 15) is 30.7 Å². The van der Waals surface area contributed by atoms with E-state index in [4.69, 9.17) is 5.73 Å². The molecular formula is C21H18N2NaO7S2+. The summed E-state index contributed by atoms with van der Waals surface area (Å²) in [5.74, 6) is -0.477. The van der Waals surface area contributed by atoms with Crippen LogP contribution in [0.25, 0.3) is 12.2 Å². The number of hydrogen-bond donors (Lipinski definition) is 4. The molecule has 0 fully saturated rings. The van der Waals surface area contributed by atoms with Crippen molar-refractivity contribution in [1.29, 1.82) is 0 Å². The summed E-state index contributed by atoms with van der Waals surface area (Å²) in [5.41, 5.74) is 6.20. The van der Waals surface area contributed by atoms with E-state index in [1.807, 2.05) is 0 Å². The molecule has 3 aromatic rings. The van der Waals surface area contributed by atoms with Crippen molar-refractivity contribution in [2.75, 3.05) is 11.1 Å². The predicted octanol–water partition coefficient (Wildman–Crippen LogP) is 0.189. The molecule has 0 spiro atoms. The van der Waals surface area contributed by atoms with E-state index in [1.165, 1.54) is 36.4 Å². The molecule has 9 nitrogen and oxygen atoms in total. The molecule has 5 N–H and O–H groups in total. The van der Waals surface area contributed by atoms with Crippen LogP contribution in [0.5, 0.6) is 0 Å². The first kappa shape index (κ1) is 26.7. The van der Waals surface area contributed by atoms with Crippen LogP contribution in [0.2, 0.25) is 0 Å². The number of nitrogen functional groups attached to an aromatic ring is 1. The zero-order valence-electron chi connectivity index (χ0n) is 17.3. The van der Waals surface area contributed by atoms with Crippen molar-refractivity contribution in [1.82, 2.24) is 0 Å². The molecule has 1 amide bonds. The quantitative estimate of drug-likeness (QED) is 0.162. The third-order valence-corrected chi connectivity index (χ3v) is 6.16. The van der Waals surface area contributed by atoms with Crippen LogP contribution in [0.4, 0.5) is 11.4 Å². The topological polar surface area (TPSA) is 164 Å². The van der Waals surface area contributed by atoms with Gasteiger partial charge in [0.25, 0.3) is 26.1 Å². The molecule has 0 aliphatic carbocycles. The summed E-state index contributed by atoms with van der Waals surface area (Å²) in [6.07, 6.45) is 2.49. The number of nitrogens with one attached hydrogen (secondary N) is 1. The van der Waals surface area contributed by atoms with Gasteiger partial charge >= 0.3 is 29.6 Å². The van der Waals surface area contributed by atoms with Gasteiger partial charge in [0.15, 0.2) is 0 Å². The van der Waals surface area contributed by atoms with Gasteiger partial charge in [-0.2, -0.15) is 16.8 Å². The fourth-order valence-corrected chi connectivity index (χ4v) is 4.29. The van der Waals surface area contributed by atoms with Gasteiger partial charge in [0.2, 0.25) is 0 Å². The Morgan fingerprint density at radius 2 is 1.30 bits per heavy atom. The molecule has 0 heterocycles. The summed E-state index contributed by atoms with van der Waals surface area (Å²) in [4.78, 5) is 11.3. The van der Waals surface area contributed by atoms with E-state index in [0.717, 1.165) is 12.1 Å². The molecular weight excluding hydrogens is 479 g/mol. The maximum atomic E-state index is 12.3. The molecule has 3 rings (SSSR count). The molecule has 0 aliphatic rings. The van der Waals surface area contributed by atoms with Gasteiger partial charge in [-0.25, -0.2) is 0 Å². The summed E-state index contributed by atoms with van der Waals surface area (Å²) in [6.45, 7) is 0. The Kier molecular flexibility index (Phi) is 8.60. The minimum absolute atomic E-state index is 0. The number of carbonyl (C=O) groups is 1. The van der Waals surface area contributed by atoms with Crippen molar-refractivity contribution in [3.8, 4) is 0 Å². The Labute approximate surface area is 213 Å². The van der Waals surface area contributed by atoms with Gasteiger partial charge in [-0.1, -0.05) is 42.5 Å². The van der Waals surface area contributed by atoms with E-state index in [-0.39, 0.29) is 52.1 Å². The fraction of sp³-hybridized carbons (Fsp3) is 0. The number of nitrogens with two attached hydrogens (primary N) is 1. The number of benzene rings is 3. The number of hydrogen-bond acceptors (Lipinski definition) is 6. The number of rotatable bonds is 6. The smallest absolute Gasteiger partial charge is 0.399 e. The Hall–Kier alpha value is -2.51. The average molecular weight is 498 g/mol. The second-order valence-corrected chi connectivity index (χ2v) is 9.43. The predicted molar refractivity (Wildman–Crippen MR) is 120 cm³/mol. The molecule has 0 aliphatic heterocycles. The first-order valence-electron chi connectivity index (χ1n) is 8.98. The molecule has 0 aromatic heterocycles. The Morgan fingerprint density at radius 1 is 0.788 bits per heavy atom. The van der Waals surface area contributed by atoms with E-state index < -0.39 is 35.9 Å². The maximum Gasteiger partial charge on any atom is 1.00 e. The second kappa shape index (κ2) is 10.6. The van der Waals surface area contributed by atoms with Crippen LogP contribution < -0.4 is 40.6 Å². The van der Waals surface area contributed by atoms with Gasteiger partial charge in [0.05, 0.1) is 0 Å². The Bertz CT molecular complexity index is 1420. The zero-order chi connectivity index (χ0) is 23.5. The van der Waals surface area contributed by atoms with Crippen LogP contribution in [0.3, 0.4) is 0 Å². The van der Waals surface area contributed by atoms with Gasteiger partial charge in [-0.3, -0.25) is 13.9 Å². The second-order valence-electron chi connectivity index (χ2n) is 6.65. The van der Waals surface area contributed by atoms with Crippen LogP contribution in [-0.2, 0) is 20.2 Å². The van der Waals surface area contributed by atoms with Crippen LogP contribution in [0.1, 0.15) is 21.5 Å². The number of amides is 1. The van der Waals surface area contributed by atoms with E-state index in [1.54, 1.807) is 30.3 Å². The minimum Gasteiger partial charge on any atom is -0.399 e. The zero-order valence-corrected chi connectivity index (χ0v) is 21.0. The Balaban J connectivity index is 0.00000385. The molecule has 0 saturated heterocycles. The molecule has 33 heavy (non-hydrogen) atoms. The molecule has 12 heteroatoms. The SMILES string of the molecule is Nc1ccc(/C=C/c2ccc(NC(=O)c3ccccc3)cc2S(=O)(=O)O)c(S(=O)(=O)O)c1.[Na+].